The van der Waals surface area contributed by atoms with Crippen molar-refractivity contribution < 1.29 is 14.4 Å². The number of ketones is 1. The van der Waals surface area contributed by atoms with Crippen molar-refractivity contribution in [1.29, 1.82) is 0 Å². The zero-order chi connectivity index (χ0) is 30.9. The number of allylic oxidation sites excluding steroid dienone is 1. The molecule has 0 spiro atoms. The van der Waals surface area contributed by atoms with Crippen molar-refractivity contribution in [1.82, 2.24) is 5.32 Å². The highest BCUT2D eigenvalue weighted by molar-refractivity contribution is 6.43. The van der Waals surface area contributed by atoms with Gasteiger partial charge in [-0.3, -0.25) is 14.4 Å². The van der Waals surface area contributed by atoms with Crippen molar-refractivity contribution in [2.24, 2.45) is 0 Å². The topological polar surface area (TPSA) is 75.3 Å². The molecule has 0 fully saturated rings. The zero-order valence-electron chi connectivity index (χ0n) is 23.3. The van der Waals surface area contributed by atoms with Gasteiger partial charge >= 0.3 is 0 Å². The fourth-order valence-electron chi connectivity index (χ4n) is 4.33. The van der Waals surface area contributed by atoms with Crippen LogP contribution < -0.4 is 10.6 Å². The van der Waals surface area contributed by atoms with E-state index in [9.17, 15) is 14.4 Å². The van der Waals surface area contributed by atoms with Crippen LogP contribution in [0.15, 0.2) is 139 Å². The number of halogens is 2. The number of rotatable bonds is 9. The van der Waals surface area contributed by atoms with Gasteiger partial charge in [0.2, 0.25) is 0 Å². The highest BCUT2D eigenvalue weighted by Gasteiger charge is 2.16. The second-order valence-electron chi connectivity index (χ2n) is 9.74. The van der Waals surface area contributed by atoms with Crippen LogP contribution in [0.4, 0.5) is 5.69 Å². The lowest BCUT2D eigenvalue weighted by Gasteiger charge is -2.12. The van der Waals surface area contributed by atoms with Gasteiger partial charge in [0, 0.05) is 16.8 Å². The van der Waals surface area contributed by atoms with E-state index in [1.807, 2.05) is 54.6 Å². The van der Waals surface area contributed by atoms with Crippen LogP contribution in [0.1, 0.15) is 31.8 Å². The SMILES string of the molecule is O=C(Nc1ccc(C(=O)/C=C/c2ccc(-c3ccccc3)cc2)cc1)/C(=C/c1cccc(Cl)c1Cl)NC(=O)c1ccccc1. The Morgan fingerprint density at radius 2 is 1.25 bits per heavy atom. The molecule has 2 amide bonds. The minimum absolute atomic E-state index is 0.0376. The quantitative estimate of drug-likeness (QED) is 0.128. The van der Waals surface area contributed by atoms with Gasteiger partial charge in [-0.25, -0.2) is 0 Å². The van der Waals surface area contributed by atoms with Crippen LogP contribution in [0.25, 0.3) is 23.3 Å². The van der Waals surface area contributed by atoms with Crippen molar-refractivity contribution in [3.8, 4) is 11.1 Å². The number of nitrogens with one attached hydrogen (secondary N) is 2. The molecular weight excluding hydrogens is 591 g/mol. The molecule has 0 heterocycles. The summed E-state index contributed by atoms with van der Waals surface area (Å²) in [5.41, 5.74) is 4.82. The molecule has 5 aromatic carbocycles. The lowest BCUT2D eigenvalue weighted by atomic mass is 10.0. The van der Waals surface area contributed by atoms with E-state index in [1.54, 1.807) is 78.9 Å². The summed E-state index contributed by atoms with van der Waals surface area (Å²) in [4.78, 5) is 39.0. The maximum absolute atomic E-state index is 13.3. The standard InChI is InChI=1S/C37H26Cl2N2O3/c38-32-13-7-12-30(35(32)39)24-33(41-36(43)29-10-5-2-6-11-29)37(44)40-31-21-19-28(20-22-31)34(42)23-16-25-14-17-27(18-15-25)26-8-3-1-4-9-26/h1-24H,(H,40,44)(H,41,43)/b23-16+,33-24-. The smallest absolute Gasteiger partial charge is 0.272 e. The van der Waals surface area contributed by atoms with Crippen molar-refractivity contribution in [2.45, 2.75) is 0 Å². The summed E-state index contributed by atoms with van der Waals surface area (Å²) in [6, 6.07) is 38.0. The van der Waals surface area contributed by atoms with Gasteiger partial charge in [-0.05, 0) is 76.9 Å². The molecule has 44 heavy (non-hydrogen) atoms. The summed E-state index contributed by atoms with van der Waals surface area (Å²) >= 11 is 12.5. The first-order chi connectivity index (χ1) is 21.4. The van der Waals surface area contributed by atoms with E-state index in [-0.39, 0.29) is 16.5 Å². The Bertz CT molecular complexity index is 1850. The van der Waals surface area contributed by atoms with Gasteiger partial charge in [0.15, 0.2) is 5.78 Å². The molecule has 0 aliphatic carbocycles. The second kappa shape index (κ2) is 14.3. The van der Waals surface area contributed by atoms with Gasteiger partial charge < -0.3 is 10.6 Å². The maximum Gasteiger partial charge on any atom is 0.272 e. The molecule has 2 N–H and O–H groups in total. The largest absolute Gasteiger partial charge is 0.321 e. The predicted molar refractivity (Wildman–Crippen MR) is 179 cm³/mol. The van der Waals surface area contributed by atoms with E-state index in [2.05, 4.69) is 10.6 Å². The lowest BCUT2D eigenvalue weighted by Crippen LogP contribution is -2.30. The summed E-state index contributed by atoms with van der Waals surface area (Å²) in [7, 11) is 0. The summed E-state index contributed by atoms with van der Waals surface area (Å²) in [6.07, 6.45) is 4.74. The van der Waals surface area contributed by atoms with E-state index in [0.717, 1.165) is 16.7 Å². The van der Waals surface area contributed by atoms with Crippen LogP contribution in [-0.4, -0.2) is 17.6 Å². The van der Waals surface area contributed by atoms with Crippen LogP contribution >= 0.6 is 23.2 Å². The first-order valence-electron chi connectivity index (χ1n) is 13.7. The minimum atomic E-state index is -0.580. The number of benzene rings is 5. The second-order valence-corrected chi connectivity index (χ2v) is 10.5. The molecule has 0 aliphatic rings. The minimum Gasteiger partial charge on any atom is -0.321 e. The Morgan fingerprint density at radius 3 is 1.93 bits per heavy atom. The highest BCUT2D eigenvalue weighted by atomic mass is 35.5. The van der Waals surface area contributed by atoms with Crippen LogP contribution in [0.3, 0.4) is 0 Å². The molecule has 0 bridgehead atoms. The van der Waals surface area contributed by atoms with E-state index >= 15 is 0 Å². The molecule has 0 unspecified atom stereocenters. The number of carbonyl (C=O) groups is 3. The molecule has 5 rings (SSSR count). The van der Waals surface area contributed by atoms with Crippen LogP contribution in [0, 0.1) is 0 Å². The summed E-state index contributed by atoms with van der Waals surface area (Å²) in [5.74, 6) is -1.22. The highest BCUT2D eigenvalue weighted by Crippen LogP contribution is 2.27. The number of hydrogen-bond donors (Lipinski definition) is 2. The fraction of sp³-hybridized carbons (Fsp3) is 0. The van der Waals surface area contributed by atoms with Crippen molar-refractivity contribution in [3.05, 3.63) is 171 Å². The molecule has 0 saturated heterocycles. The Hall–Kier alpha value is -5.23. The molecule has 216 valence electrons. The average molecular weight is 618 g/mol. The molecule has 5 nitrogen and oxygen atoms in total. The Balaban J connectivity index is 1.28. The first-order valence-corrected chi connectivity index (χ1v) is 14.4. The van der Waals surface area contributed by atoms with Gasteiger partial charge in [-0.1, -0.05) is 114 Å². The Morgan fingerprint density at radius 1 is 0.614 bits per heavy atom. The lowest BCUT2D eigenvalue weighted by molar-refractivity contribution is -0.113. The molecule has 0 aliphatic heterocycles. The Labute approximate surface area is 265 Å². The van der Waals surface area contributed by atoms with Crippen LogP contribution in [0.5, 0.6) is 0 Å². The van der Waals surface area contributed by atoms with Gasteiger partial charge in [-0.15, -0.1) is 0 Å². The van der Waals surface area contributed by atoms with Crippen LogP contribution in [0.2, 0.25) is 10.0 Å². The summed E-state index contributed by atoms with van der Waals surface area (Å²) < 4.78 is 0. The number of amides is 2. The van der Waals surface area contributed by atoms with E-state index < -0.39 is 11.8 Å². The number of carbonyl (C=O) groups excluding carboxylic acids is 3. The summed E-state index contributed by atoms with van der Waals surface area (Å²) in [5, 5.41) is 6.00. The molecule has 0 radical (unpaired) electrons. The molecule has 0 atom stereocenters. The monoisotopic (exact) mass is 616 g/mol. The third kappa shape index (κ3) is 7.78. The molecule has 5 aromatic rings. The normalized spacial score (nSPS) is 11.3. The molecule has 7 heteroatoms. The van der Waals surface area contributed by atoms with E-state index in [0.29, 0.717) is 27.4 Å². The molecule has 0 aromatic heterocycles. The third-order valence-electron chi connectivity index (χ3n) is 6.68. The van der Waals surface area contributed by atoms with Gasteiger partial charge in [0.1, 0.15) is 5.70 Å². The maximum atomic E-state index is 13.3. The van der Waals surface area contributed by atoms with Gasteiger partial charge in [-0.2, -0.15) is 0 Å². The molecule has 0 saturated carbocycles. The van der Waals surface area contributed by atoms with E-state index in [4.69, 9.17) is 23.2 Å². The van der Waals surface area contributed by atoms with Gasteiger partial charge in [0.05, 0.1) is 10.0 Å². The fourth-order valence-corrected chi connectivity index (χ4v) is 4.69. The van der Waals surface area contributed by atoms with Crippen molar-refractivity contribution in [2.75, 3.05) is 5.32 Å². The van der Waals surface area contributed by atoms with E-state index in [1.165, 1.54) is 12.2 Å². The average Bonchev–Trinajstić information content (AvgIpc) is 3.06. The van der Waals surface area contributed by atoms with Crippen molar-refractivity contribution >= 4 is 58.6 Å². The first kappa shape index (κ1) is 30.2. The number of anilines is 1. The van der Waals surface area contributed by atoms with Crippen molar-refractivity contribution in [3.63, 3.8) is 0 Å². The third-order valence-corrected chi connectivity index (χ3v) is 7.52. The predicted octanol–water partition coefficient (Wildman–Crippen LogP) is 8.97. The van der Waals surface area contributed by atoms with Crippen LogP contribution in [-0.2, 0) is 4.79 Å². The Kier molecular flexibility index (Phi) is 9.82. The summed E-state index contributed by atoms with van der Waals surface area (Å²) in [6.45, 7) is 0. The molecular formula is C37H26Cl2N2O3. The van der Waals surface area contributed by atoms with Gasteiger partial charge in [0.25, 0.3) is 11.8 Å². The zero-order valence-corrected chi connectivity index (χ0v) is 24.8. The number of hydrogen-bond acceptors (Lipinski definition) is 3.